The maximum atomic E-state index is 8.46. The maximum absolute atomic E-state index is 8.46. The average Bonchev–Trinajstić information content (AvgIpc) is 1.91. The van der Waals surface area contributed by atoms with Crippen LogP contribution in [0.1, 0.15) is 21.7 Å². The molecule has 10 heavy (non-hydrogen) atoms. The van der Waals surface area contributed by atoms with Gasteiger partial charge >= 0.3 is 0 Å². The lowest BCUT2D eigenvalue weighted by molar-refractivity contribution is 0.250. The largest absolute Gasteiger partial charge is 0.400 e. The standard InChI is InChI=1S/C6H15NO.CH4O.H2/c1-5(2)3-6(7)4-8;1-2;/h5-6,8H,3-4,7H2,1-2H3;2H,1H3;1H. The van der Waals surface area contributed by atoms with Crippen molar-refractivity contribution in [3.8, 4) is 0 Å². The molecule has 3 heteroatoms. The van der Waals surface area contributed by atoms with Crippen molar-refractivity contribution >= 4 is 0 Å². The van der Waals surface area contributed by atoms with Crippen LogP contribution in [0.2, 0.25) is 0 Å². The van der Waals surface area contributed by atoms with Crippen molar-refractivity contribution in [3.63, 3.8) is 0 Å². The van der Waals surface area contributed by atoms with E-state index < -0.39 is 0 Å². The van der Waals surface area contributed by atoms with Crippen LogP contribution in [0, 0.1) is 5.92 Å². The summed E-state index contributed by atoms with van der Waals surface area (Å²) in [4.78, 5) is 0. The summed E-state index contributed by atoms with van der Waals surface area (Å²) in [7, 11) is 1.00. The van der Waals surface area contributed by atoms with Crippen molar-refractivity contribution in [3.05, 3.63) is 0 Å². The van der Waals surface area contributed by atoms with Gasteiger partial charge in [-0.1, -0.05) is 13.8 Å². The Balaban J connectivity index is -0.000000196. The zero-order valence-electron chi connectivity index (χ0n) is 7.04. The van der Waals surface area contributed by atoms with E-state index in [1.807, 2.05) is 0 Å². The van der Waals surface area contributed by atoms with E-state index in [0.717, 1.165) is 13.5 Å². The van der Waals surface area contributed by atoms with Gasteiger partial charge in [-0.3, -0.25) is 0 Å². The van der Waals surface area contributed by atoms with Gasteiger partial charge in [0.25, 0.3) is 0 Å². The average molecular weight is 151 g/mol. The minimum atomic E-state index is -0.0185. The molecule has 0 spiro atoms. The highest BCUT2D eigenvalue weighted by atomic mass is 16.3. The topological polar surface area (TPSA) is 66.5 Å². The summed E-state index contributed by atoms with van der Waals surface area (Å²) in [6.07, 6.45) is 0.913. The lowest BCUT2D eigenvalue weighted by Gasteiger charge is -2.09. The smallest absolute Gasteiger partial charge is 0.0582 e. The van der Waals surface area contributed by atoms with Crippen molar-refractivity contribution in [2.75, 3.05) is 13.7 Å². The van der Waals surface area contributed by atoms with Crippen molar-refractivity contribution in [1.82, 2.24) is 0 Å². The molecule has 0 bridgehead atoms. The first-order valence-corrected chi connectivity index (χ1v) is 3.48. The van der Waals surface area contributed by atoms with Crippen LogP contribution in [-0.2, 0) is 0 Å². The fourth-order valence-corrected chi connectivity index (χ4v) is 0.680. The zero-order chi connectivity index (χ0) is 8.57. The van der Waals surface area contributed by atoms with Crippen molar-refractivity contribution < 1.29 is 11.6 Å². The van der Waals surface area contributed by atoms with Crippen LogP contribution < -0.4 is 5.73 Å². The molecule has 0 aromatic rings. The number of hydrogen-bond donors (Lipinski definition) is 3. The van der Waals surface area contributed by atoms with Crippen molar-refractivity contribution in [1.29, 1.82) is 0 Å². The van der Waals surface area contributed by atoms with Gasteiger partial charge in [-0.05, 0) is 12.3 Å². The molecular formula is C7H21NO2. The Labute approximate surface area is 64.3 Å². The molecule has 0 aliphatic carbocycles. The Hall–Kier alpha value is -0.120. The predicted molar refractivity (Wildman–Crippen MR) is 44.8 cm³/mol. The molecule has 0 fully saturated rings. The van der Waals surface area contributed by atoms with Gasteiger partial charge in [-0.15, -0.1) is 0 Å². The predicted octanol–water partition coefficient (Wildman–Crippen LogP) is 0.207. The van der Waals surface area contributed by atoms with Crippen molar-refractivity contribution in [2.24, 2.45) is 11.7 Å². The van der Waals surface area contributed by atoms with Gasteiger partial charge in [0.05, 0.1) is 6.61 Å². The first-order chi connectivity index (χ1) is 4.66. The first kappa shape index (κ1) is 12.5. The van der Waals surface area contributed by atoms with Gasteiger partial charge in [0, 0.05) is 14.6 Å². The van der Waals surface area contributed by atoms with E-state index in [9.17, 15) is 0 Å². The van der Waals surface area contributed by atoms with E-state index >= 15 is 0 Å². The van der Waals surface area contributed by atoms with Crippen LogP contribution in [-0.4, -0.2) is 30.0 Å². The second-order valence-electron chi connectivity index (χ2n) is 2.57. The second-order valence-corrected chi connectivity index (χ2v) is 2.57. The molecule has 0 aromatic carbocycles. The highest BCUT2D eigenvalue weighted by Crippen LogP contribution is 2.00. The van der Waals surface area contributed by atoms with Gasteiger partial charge in [0.1, 0.15) is 0 Å². The third kappa shape index (κ3) is 10.8. The Bertz CT molecular complexity index is 62.4. The minimum absolute atomic E-state index is 0. The fraction of sp³-hybridized carbons (Fsp3) is 1.00. The lowest BCUT2D eigenvalue weighted by atomic mass is 10.1. The monoisotopic (exact) mass is 151 g/mol. The number of aliphatic hydroxyl groups excluding tert-OH is 2. The van der Waals surface area contributed by atoms with Gasteiger partial charge in [0.15, 0.2) is 0 Å². The summed E-state index contributed by atoms with van der Waals surface area (Å²) >= 11 is 0. The van der Waals surface area contributed by atoms with Crippen LogP contribution in [0.4, 0.5) is 0 Å². The summed E-state index contributed by atoms with van der Waals surface area (Å²) in [5.41, 5.74) is 5.42. The molecule has 0 saturated carbocycles. The Kier molecular flexibility index (Phi) is 11.1. The first-order valence-electron chi connectivity index (χ1n) is 3.48. The molecule has 0 aromatic heterocycles. The maximum Gasteiger partial charge on any atom is 0.0582 e. The molecule has 0 saturated heterocycles. The molecule has 0 heterocycles. The Morgan fingerprint density at radius 3 is 1.90 bits per heavy atom. The zero-order valence-corrected chi connectivity index (χ0v) is 7.04. The van der Waals surface area contributed by atoms with Gasteiger partial charge in [0.2, 0.25) is 0 Å². The highest BCUT2D eigenvalue weighted by molar-refractivity contribution is 4.60. The highest BCUT2D eigenvalue weighted by Gasteiger charge is 2.01. The van der Waals surface area contributed by atoms with Crippen LogP contribution in [0.5, 0.6) is 0 Å². The summed E-state index contributed by atoms with van der Waals surface area (Å²) in [5, 5.41) is 15.5. The van der Waals surface area contributed by atoms with E-state index in [1.165, 1.54) is 0 Å². The Morgan fingerprint density at radius 1 is 1.40 bits per heavy atom. The van der Waals surface area contributed by atoms with Crippen molar-refractivity contribution in [2.45, 2.75) is 26.3 Å². The van der Waals surface area contributed by atoms with E-state index in [2.05, 4.69) is 13.8 Å². The van der Waals surface area contributed by atoms with Crippen LogP contribution in [0.3, 0.4) is 0 Å². The third-order valence-electron chi connectivity index (χ3n) is 1.01. The fourth-order valence-electron chi connectivity index (χ4n) is 0.680. The number of hydrogen-bond acceptors (Lipinski definition) is 3. The molecule has 1 unspecified atom stereocenters. The molecule has 66 valence electrons. The molecule has 0 radical (unpaired) electrons. The molecule has 0 amide bonds. The van der Waals surface area contributed by atoms with E-state index in [4.69, 9.17) is 15.9 Å². The van der Waals surface area contributed by atoms with Gasteiger partial charge in [-0.25, -0.2) is 0 Å². The molecule has 1 atom stereocenters. The summed E-state index contributed by atoms with van der Waals surface area (Å²) in [5.74, 6) is 0.595. The molecule has 3 nitrogen and oxygen atoms in total. The Morgan fingerprint density at radius 2 is 1.80 bits per heavy atom. The number of rotatable bonds is 3. The van der Waals surface area contributed by atoms with Gasteiger partial charge in [-0.2, -0.15) is 0 Å². The third-order valence-corrected chi connectivity index (χ3v) is 1.01. The van der Waals surface area contributed by atoms with E-state index in [1.54, 1.807) is 0 Å². The molecule has 0 rings (SSSR count). The second kappa shape index (κ2) is 8.88. The summed E-state index contributed by atoms with van der Waals surface area (Å²) in [6, 6.07) is -0.0185. The molecular weight excluding hydrogens is 130 g/mol. The van der Waals surface area contributed by atoms with Crippen LogP contribution in [0.15, 0.2) is 0 Å². The molecule has 0 aliphatic rings. The van der Waals surface area contributed by atoms with Crippen LogP contribution in [0.25, 0.3) is 0 Å². The number of aliphatic hydroxyl groups is 2. The van der Waals surface area contributed by atoms with E-state index in [0.29, 0.717) is 5.92 Å². The minimum Gasteiger partial charge on any atom is -0.400 e. The van der Waals surface area contributed by atoms with E-state index in [-0.39, 0.29) is 14.1 Å². The normalized spacial score (nSPS) is 12.3. The SMILES string of the molecule is CC(C)CC(N)CO.CO.[HH]. The number of nitrogens with two attached hydrogens (primary N) is 1. The summed E-state index contributed by atoms with van der Waals surface area (Å²) in [6.45, 7) is 4.29. The quantitative estimate of drug-likeness (QED) is 0.540. The molecule has 0 aliphatic heterocycles. The molecule has 4 N–H and O–H groups in total. The van der Waals surface area contributed by atoms with Crippen LogP contribution >= 0.6 is 0 Å². The van der Waals surface area contributed by atoms with Gasteiger partial charge < -0.3 is 15.9 Å². The lowest BCUT2D eigenvalue weighted by Crippen LogP contribution is -2.25. The summed E-state index contributed by atoms with van der Waals surface area (Å²) < 4.78 is 0.